The van der Waals surface area contributed by atoms with Crippen molar-refractivity contribution in [3.63, 3.8) is 0 Å². The van der Waals surface area contributed by atoms with Crippen LogP contribution >= 0.6 is 0 Å². The number of carboxylic acids is 1. The van der Waals surface area contributed by atoms with Crippen LogP contribution in [0.25, 0.3) is 0 Å². The number of alkyl halides is 1. The fraction of sp³-hybridized carbons (Fsp3) is 0.889. The molecule has 7 nitrogen and oxygen atoms in total. The van der Waals surface area contributed by atoms with Gasteiger partial charge in [0.15, 0.2) is 0 Å². The Hall–Kier alpha value is -1.29. The summed E-state index contributed by atoms with van der Waals surface area (Å²) in [5, 5.41) is 25.6. The molecule has 6 aliphatic carbocycles. The van der Waals surface area contributed by atoms with Crippen molar-refractivity contribution < 1.29 is 27.8 Å². The van der Waals surface area contributed by atoms with E-state index in [1.165, 1.54) is 73.1 Å². The summed E-state index contributed by atoms with van der Waals surface area (Å²) < 4.78 is 39.7. The molecule has 306 valence electrons. The van der Waals surface area contributed by atoms with Gasteiger partial charge in [0.1, 0.15) is 6.67 Å². The number of fused-ring (bicyclic) bond motifs is 7. The second kappa shape index (κ2) is 13.6. The van der Waals surface area contributed by atoms with Gasteiger partial charge in [0.25, 0.3) is 0 Å². The van der Waals surface area contributed by atoms with Gasteiger partial charge in [0.2, 0.25) is 10.0 Å². The van der Waals surface area contributed by atoms with Crippen molar-refractivity contribution in [2.24, 2.45) is 62.6 Å². The van der Waals surface area contributed by atoms with Gasteiger partial charge in [0.05, 0.1) is 17.3 Å². The minimum atomic E-state index is -3.23. The van der Waals surface area contributed by atoms with E-state index in [0.29, 0.717) is 80.7 Å². The Bertz CT molecular complexity index is 1650. The number of carbonyl (C=O) groups is 1. The molecule has 3 N–H and O–H groups in total. The third-order valence-electron chi connectivity index (χ3n) is 18.8. The lowest BCUT2D eigenvalue weighted by Crippen LogP contribution is -2.68. The van der Waals surface area contributed by atoms with Crippen LogP contribution < -0.4 is 5.32 Å². The predicted molar refractivity (Wildman–Crippen MR) is 214 cm³/mol. The lowest BCUT2D eigenvalue weighted by atomic mass is 9.32. The van der Waals surface area contributed by atoms with Crippen LogP contribution in [0.4, 0.5) is 4.39 Å². The van der Waals surface area contributed by atoms with Crippen molar-refractivity contribution in [3.05, 3.63) is 23.3 Å². The van der Waals surface area contributed by atoms with E-state index >= 15 is 0 Å². The summed E-state index contributed by atoms with van der Waals surface area (Å²) in [5.41, 5.74) is 1.35. The van der Waals surface area contributed by atoms with Crippen LogP contribution in [-0.2, 0) is 14.8 Å². The summed E-state index contributed by atoms with van der Waals surface area (Å²) in [7, 11) is -3.23. The Labute approximate surface area is 326 Å². The molecule has 0 aromatic carbocycles. The van der Waals surface area contributed by atoms with Gasteiger partial charge in [-0.15, -0.1) is 0 Å². The Morgan fingerprint density at radius 1 is 0.907 bits per heavy atom. The molecule has 10 atom stereocenters. The third-order valence-corrected chi connectivity index (χ3v) is 20.1. The minimum Gasteiger partial charge on any atom is -0.481 e. The van der Waals surface area contributed by atoms with Crippen molar-refractivity contribution in [1.82, 2.24) is 9.62 Å². The first-order valence-corrected chi connectivity index (χ1v) is 23.6. The predicted octanol–water partition coefficient (Wildman–Crippen LogP) is 8.93. The summed E-state index contributed by atoms with van der Waals surface area (Å²) in [6, 6.07) is 0. The maximum atomic E-state index is 14.0. The van der Waals surface area contributed by atoms with Gasteiger partial charge >= 0.3 is 5.97 Å². The quantitative estimate of drug-likeness (QED) is 0.216. The molecule has 0 unspecified atom stereocenters. The van der Waals surface area contributed by atoms with E-state index in [9.17, 15) is 27.8 Å². The Balaban J connectivity index is 1.11. The zero-order chi connectivity index (χ0) is 39.3. The molecular formula is C45H73FN2O5S. The van der Waals surface area contributed by atoms with E-state index in [0.717, 1.165) is 13.0 Å². The number of piperidine rings is 1. The van der Waals surface area contributed by atoms with Gasteiger partial charge < -0.3 is 15.5 Å². The molecule has 0 aromatic heterocycles. The van der Waals surface area contributed by atoms with E-state index in [2.05, 4.69) is 65.9 Å². The number of hydrogen-bond donors (Lipinski definition) is 3. The molecule has 1 aliphatic heterocycles. The zero-order valence-electron chi connectivity index (χ0n) is 34.9. The first kappa shape index (κ1) is 40.9. The summed E-state index contributed by atoms with van der Waals surface area (Å²) in [6.45, 7) is 18.6. The van der Waals surface area contributed by atoms with Crippen molar-refractivity contribution >= 4 is 16.0 Å². The van der Waals surface area contributed by atoms with E-state index in [4.69, 9.17) is 0 Å². The number of hydrogen-bond acceptors (Lipinski definition) is 5. The molecule has 1 saturated heterocycles. The van der Waals surface area contributed by atoms with Gasteiger partial charge in [-0.3, -0.25) is 4.79 Å². The van der Waals surface area contributed by atoms with E-state index in [1.54, 1.807) is 0 Å². The third kappa shape index (κ3) is 6.15. The molecule has 0 radical (unpaired) electrons. The number of halogens is 1. The second-order valence-electron chi connectivity index (χ2n) is 21.6. The molecule has 54 heavy (non-hydrogen) atoms. The number of aliphatic carboxylic acids is 1. The normalized spacial score (nSPS) is 44.7. The first-order valence-electron chi connectivity index (χ1n) is 21.7. The number of sulfonamides is 1. The highest BCUT2D eigenvalue weighted by molar-refractivity contribution is 7.88. The van der Waals surface area contributed by atoms with Crippen molar-refractivity contribution in [3.8, 4) is 0 Å². The van der Waals surface area contributed by atoms with Crippen LogP contribution in [-0.4, -0.2) is 72.6 Å². The number of allylic oxidation sites excluding steroid dienone is 4. The second-order valence-corrected chi connectivity index (χ2v) is 23.5. The Morgan fingerprint density at radius 2 is 1.61 bits per heavy atom. The molecule has 0 bridgehead atoms. The first-order chi connectivity index (χ1) is 25.1. The minimum absolute atomic E-state index is 0.0256. The highest BCUT2D eigenvalue weighted by atomic mass is 32.2. The topological polar surface area (TPSA) is 107 Å². The lowest BCUT2D eigenvalue weighted by molar-refractivity contribution is -0.223. The maximum Gasteiger partial charge on any atom is 0.312 e. The van der Waals surface area contributed by atoms with Crippen LogP contribution in [0, 0.1) is 62.6 Å². The summed E-state index contributed by atoms with van der Waals surface area (Å²) in [4.78, 5) is 12.0. The van der Waals surface area contributed by atoms with Gasteiger partial charge in [-0.25, -0.2) is 17.1 Å². The fourth-order valence-corrected chi connectivity index (χ4v) is 16.2. The number of nitrogens with zero attached hydrogens (tertiary/aromatic N) is 1. The SMILES string of the molecule is CC(C)[C@@H]1CC[C@]2(NCCC3(O)CCN(S(C)(=O)=O)CC3)CC[C@]3(C)[C@H](CC[C@@H]4[C@@]5(C)CC=C(C6=CC[C@](CF)(C(=O)O)CC6)C(C)(C)[C@@H]5CC[C@]43C)[C@@H]12. The van der Waals surface area contributed by atoms with Crippen LogP contribution in [0.3, 0.4) is 0 Å². The van der Waals surface area contributed by atoms with Gasteiger partial charge in [-0.1, -0.05) is 60.6 Å². The largest absolute Gasteiger partial charge is 0.481 e. The van der Waals surface area contributed by atoms with Gasteiger partial charge in [0, 0.05) is 18.6 Å². The van der Waals surface area contributed by atoms with Crippen LogP contribution in [0.15, 0.2) is 23.3 Å². The Morgan fingerprint density at radius 3 is 2.20 bits per heavy atom. The summed E-state index contributed by atoms with van der Waals surface area (Å²) in [6.07, 6.45) is 19.9. The van der Waals surface area contributed by atoms with Crippen LogP contribution in [0.2, 0.25) is 0 Å². The zero-order valence-corrected chi connectivity index (χ0v) is 35.7. The maximum absolute atomic E-state index is 14.0. The van der Waals surface area contributed by atoms with Crippen molar-refractivity contribution in [2.45, 2.75) is 156 Å². The highest BCUT2D eigenvalue weighted by Crippen LogP contribution is 2.76. The van der Waals surface area contributed by atoms with Gasteiger partial charge in [-0.05, 0) is 171 Å². The molecule has 9 heteroatoms. The monoisotopic (exact) mass is 773 g/mol. The highest BCUT2D eigenvalue weighted by Gasteiger charge is 2.70. The Kier molecular flexibility index (Phi) is 10.3. The molecule has 0 amide bonds. The van der Waals surface area contributed by atoms with E-state index < -0.39 is 33.7 Å². The molecule has 0 aromatic rings. The molecular weight excluding hydrogens is 700 g/mol. The number of aliphatic hydroxyl groups is 1. The average molecular weight is 773 g/mol. The van der Waals surface area contributed by atoms with Crippen molar-refractivity contribution in [2.75, 3.05) is 32.6 Å². The smallest absolute Gasteiger partial charge is 0.312 e. The average Bonchev–Trinajstić information content (AvgIpc) is 3.48. The molecule has 7 aliphatic rings. The van der Waals surface area contributed by atoms with Gasteiger partial charge in [-0.2, -0.15) is 0 Å². The van der Waals surface area contributed by atoms with E-state index in [-0.39, 0.29) is 33.6 Å². The summed E-state index contributed by atoms with van der Waals surface area (Å²) in [5.74, 6) is 2.79. The summed E-state index contributed by atoms with van der Waals surface area (Å²) >= 11 is 0. The molecule has 4 saturated carbocycles. The fourth-order valence-electron chi connectivity index (χ4n) is 15.4. The number of rotatable bonds is 9. The standard InChI is InChI=1S/C45H73FN2O5S/c1-30(2)32-13-20-45(47-26-23-44(51)24-27-48(28-25-44)54(8,52)53)22-21-41(6)34(37(32)45)9-10-36-40(5)16-14-33(39(3,4)35(40)15-17-42(36,41)7)31-11-18-43(29-46,19-12-31)38(49)50/h11,14,30,32,34-37,47,51H,9-10,12-13,15-29H2,1-8H3,(H,49,50)/t32-,34+,35-,36+,37+,40-,41+,42+,43-,45-/m0/s1. The van der Waals surface area contributed by atoms with E-state index in [1.807, 2.05) is 0 Å². The molecule has 0 spiro atoms. The molecule has 1 heterocycles. The van der Waals surface area contributed by atoms with Crippen LogP contribution in [0.5, 0.6) is 0 Å². The number of nitrogens with one attached hydrogen (secondary N) is 1. The lowest BCUT2D eigenvalue weighted by Gasteiger charge is -2.72. The van der Waals surface area contributed by atoms with Crippen molar-refractivity contribution in [1.29, 1.82) is 0 Å². The molecule has 5 fully saturated rings. The molecule has 7 rings (SSSR count). The number of carboxylic acid groups (broad SMARTS) is 1. The van der Waals surface area contributed by atoms with Crippen LogP contribution in [0.1, 0.15) is 145 Å².